The van der Waals surface area contributed by atoms with E-state index in [0.717, 1.165) is 13.1 Å². The van der Waals surface area contributed by atoms with Gasteiger partial charge >= 0.3 is 0 Å². The van der Waals surface area contributed by atoms with E-state index in [1.54, 1.807) is 12.1 Å². The van der Waals surface area contributed by atoms with Gasteiger partial charge in [-0.2, -0.15) is 5.26 Å². The molecule has 2 rings (SSSR count). The maximum atomic E-state index is 11.1. The molecule has 0 aromatic heterocycles. The fraction of sp³-hybridized carbons (Fsp3) is 0.462. The minimum absolute atomic E-state index is 0.0246. The van der Waals surface area contributed by atoms with Crippen LogP contribution in [0.25, 0.3) is 0 Å². The summed E-state index contributed by atoms with van der Waals surface area (Å²) in [6, 6.07) is 6.61. The number of nitro benzene ring substituents is 1. The quantitative estimate of drug-likeness (QED) is 0.590. The summed E-state index contributed by atoms with van der Waals surface area (Å²) in [4.78, 5) is 12.7. The zero-order valence-electron chi connectivity index (χ0n) is 10.3. The Morgan fingerprint density at radius 2 is 2.28 bits per heavy atom. The van der Waals surface area contributed by atoms with E-state index in [4.69, 9.17) is 5.26 Å². The normalized spacial score (nSPS) is 14.0. The largest absolute Gasteiger partial charge is 0.366 e. The molecule has 94 valence electrons. The maximum Gasteiger partial charge on any atom is 0.293 e. The van der Waals surface area contributed by atoms with Crippen molar-refractivity contribution in [2.75, 3.05) is 18.0 Å². The Balaban J connectivity index is 2.34. The van der Waals surface area contributed by atoms with Crippen molar-refractivity contribution >= 4 is 11.4 Å². The standard InChI is InChI=1S/C13H15N3O2/c1-2-15(9-10-3-4-10)12-6-5-11(8-14)7-13(12)16(17)18/h5-7,10H,2-4,9H2,1H3. The van der Waals surface area contributed by atoms with Crippen LogP contribution in [0.2, 0.25) is 0 Å². The summed E-state index contributed by atoms with van der Waals surface area (Å²) in [6.07, 6.45) is 2.42. The van der Waals surface area contributed by atoms with Gasteiger partial charge in [0.1, 0.15) is 5.69 Å². The van der Waals surface area contributed by atoms with Gasteiger partial charge in [0, 0.05) is 19.2 Å². The van der Waals surface area contributed by atoms with Crippen molar-refractivity contribution < 1.29 is 4.92 Å². The highest BCUT2D eigenvalue weighted by atomic mass is 16.6. The number of nitrogens with zero attached hydrogens (tertiary/aromatic N) is 3. The minimum atomic E-state index is -0.411. The summed E-state index contributed by atoms with van der Waals surface area (Å²) in [5, 5.41) is 19.9. The molecule has 0 bridgehead atoms. The molecule has 0 radical (unpaired) electrons. The molecule has 5 nitrogen and oxygen atoms in total. The van der Waals surface area contributed by atoms with Crippen molar-refractivity contribution in [2.24, 2.45) is 5.92 Å². The second kappa shape index (κ2) is 5.05. The lowest BCUT2D eigenvalue weighted by Gasteiger charge is -2.22. The Morgan fingerprint density at radius 1 is 1.56 bits per heavy atom. The van der Waals surface area contributed by atoms with Gasteiger partial charge in [-0.05, 0) is 37.8 Å². The summed E-state index contributed by atoms with van der Waals surface area (Å²) in [6.45, 7) is 3.59. The molecule has 0 atom stereocenters. The van der Waals surface area contributed by atoms with Crippen molar-refractivity contribution in [1.29, 1.82) is 5.26 Å². The molecule has 0 unspecified atom stereocenters. The van der Waals surface area contributed by atoms with Gasteiger partial charge in [-0.3, -0.25) is 10.1 Å². The van der Waals surface area contributed by atoms with Crippen LogP contribution < -0.4 is 4.90 Å². The topological polar surface area (TPSA) is 70.2 Å². The van der Waals surface area contributed by atoms with Crippen LogP contribution in [-0.2, 0) is 0 Å². The molecule has 0 spiro atoms. The Morgan fingerprint density at radius 3 is 2.78 bits per heavy atom. The highest BCUT2D eigenvalue weighted by Crippen LogP contribution is 2.34. The second-order valence-corrected chi connectivity index (χ2v) is 4.55. The van der Waals surface area contributed by atoms with Gasteiger partial charge in [0.05, 0.1) is 16.6 Å². The van der Waals surface area contributed by atoms with E-state index < -0.39 is 4.92 Å². The van der Waals surface area contributed by atoms with Crippen LogP contribution in [0.1, 0.15) is 25.3 Å². The van der Waals surface area contributed by atoms with Crippen LogP contribution in [0.5, 0.6) is 0 Å². The molecule has 0 aliphatic heterocycles. The van der Waals surface area contributed by atoms with Crippen molar-refractivity contribution in [2.45, 2.75) is 19.8 Å². The summed E-state index contributed by atoms with van der Waals surface area (Å²) in [7, 11) is 0. The molecular weight excluding hydrogens is 230 g/mol. The summed E-state index contributed by atoms with van der Waals surface area (Å²) >= 11 is 0. The predicted molar refractivity (Wildman–Crippen MR) is 68.4 cm³/mol. The van der Waals surface area contributed by atoms with Gasteiger partial charge in [0.2, 0.25) is 0 Å². The van der Waals surface area contributed by atoms with Gasteiger partial charge in [-0.15, -0.1) is 0 Å². The number of hydrogen-bond acceptors (Lipinski definition) is 4. The van der Waals surface area contributed by atoms with Gasteiger partial charge in [0.25, 0.3) is 5.69 Å². The number of rotatable bonds is 5. The fourth-order valence-corrected chi connectivity index (χ4v) is 2.02. The molecule has 1 aromatic carbocycles. The van der Waals surface area contributed by atoms with E-state index in [9.17, 15) is 10.1 Å². The van der Waals surface area contributed by atoms with Crippen LogP contribution in [0, 0.1) is 27.4 Å². The molecular formula is C13H15N3O2. The predicted octanol–water partition coefficient (Wildman–Crippen LogP) is 2.70. The van der Waals surface area contributed by atoms with Crippen LogP contribution >= 0.6 is 0 Å². The van der Waals surface area contributed by atoms with E-state index in [2.05, 4.69) is 0 Å². The first-order valence-electron chi connectivity index (χ1n) is 6.09. The van der Waals surface area contributed by atoms with Gasteiger partial charge in [-0.1, -0.05) is 0 Å². The van der Waals surface area contributed by atoms with Crippen LogP contribution in [0.3, 0.4) is 0 Å². The molecule has 0 heterocycles. The lowest BCUT2D eigenvalue weighted by molar-refractivity contribution is -0.384. The molecule has 0 saturated heterocycles. The Bertz CT molecular complexity index is 503. The first-order chi connectivity index (χ1) is 8.65. The summed E-state index contributed by atoms with van der Waals surface area (Å²) < 4.78 is 0. The number of anilines is 1. The van der Waals surface area contributed by atoms with E-state index >= 15 is 0 Å². The zero-order chi connectivity index (χ0) is 13.1. The smallest absolute Gasteiger partial charge is 0.293 e. The minimum Gasteiger partial charge on any atom is -0.366 e. The molecule has 1 fully saturated rings. The number of nitro groups is 1. The summed E-state index contributed by atoms with van der Waals surface area (Å²) in [5.74, 6) is 0.667. The van der Waals surface area contributed by atoms with Crippen molar-refractivity contribution in [3.63, 3.8) is 0 Å². The lowest BCUT2D eigenvalue weighted by atomic mass is 10.1. The molecule has 0 N–H and O–H groups in total. The first-order valence-corrected chi connectivity index (χ1v) is 6.09. The van der Waals surface area contributed by atoms with Crippen molar-refractivity contribution in [3.05, 3.63) is 33.9 Å². The van der Waals surface area contributed by atoms with E-state index in [-0.39, 0.29) is 5.69 Å². The van der Waals surface area contributed by atoms with Gasteiger partial charge < -0.3 is 4.90 Å². The number of hydrogen-bond donors (Lipinski definition) is 0. The molecule has 0 amide bonds. The highest BCUT2D eigenvalue weighted by molar-refractivity contribution is 5.65. The highest BCUT2D eigenvalue weighted by Gasteiger charge is 2.27. The number of benzene rings is 1. The molecule has 1 aromatic rings. The average Bonchev–Trinajstić information content (AvgIpc) is 3.19. The van der Waals surface area contributed by atoms with Crippen LogP contribution in [0.15, 0.2) is 18.2 Å². The second-order valence-electron chi connectivity index (χ2n) is 4.55. The molecule has 18 heavy (non-hydrogen) atoms. The first kappa shape index (κ1) is 12.4. The third kappa shape index (κ3) is 2.59. The van der Waals surface area contributed by atoms with E-state index in [1.807, 2.05) is 17.9 Å². The Hall–Kier alpha value is -2.09. The van der Waals surface area contributed by atoms with Crippen LogP contribution in [-0.4, -0.2) is 18.0 Å². The zero-order valence-corrected chi connectivity index (χ0v) is 10.3. The fourth-order valence-electron chi connectivity index (χ4n) is 2.02. The van der Waals surface area contributed by atoms with E-state index in [1.165, 1.54) is 18.9 Å². The molecule has 1 aliphatic carbocycles. The monoisotopic (exact) mass is 245 g/mol. The Labute approximate surface area is 106 Å². The average molecular weight is 245 g/mol. The third-order valence-electron chi connectivity index (χ3n) is 3.20. The lowest BCUT2D eigenvalue weighted by Crippen LogP contribution is -2.26. The molecule has 1 aliphatic rings. The van der Waals surface area contributed by atoms with Gasteiger partial charge in [-0.25, -0.2) is 0 Å². The molecule has 5 heteroatoms. The SMILES string of the molecule is CCN(CC1CC1)c1ccc(C#N)cc1[N+](=O)[O-]. The maximum absolute atomic E-state index is 11.1. The summed E-state index contributed by atoms with van der Waals surface area (Å²) in [5.41, 5.74) is 0.970. The Kier molecular flexibility index (Phi) is 3.47. The van der Waals surface area contributed by atoms with Crippen molar-refractivity contribution in [3.8, 4) is 6.07 Å². The van der Waals surface area contributed by atoms with E-state index in [0.29, 0.717) is 17.2 Å². The number of nitriles is 1. The van der Waals surface area contributed by atoms with Gasteiger partial charge in [0.15, 0.2) is 0 Å². The van der Waals surface area contributed by atoms with Crippen LogP contribution in [0.4, 0.5) is 11.4 Å². The third-order valence-corrected chi connectivity index (χ3v) is 3.20. The molecule has 1 saturated carbocycles. The van der Waals surface area contributed by atoms with Crippen molar-refractivity contribution in [1.82, 2.24) is 0 Å².